The van der Waals surface area contributed by atoms with Gasteiger partial charge in [-0.15, -0.1) is 11.3 Å². The molecule has 3 rings (SSSR count). The van der Waals surface area contributed by atoms with Crippen LogP contribution < -0.4 is 5.56 Å². The fourth-order valence-corrected chi connectivity index (χ4v) is 3.31. The van der Waals surface area contributed by atoms with Crippen LogP contribution in [-0.4, -0.2) is 27.6 Å². The Morgan fingerprint density at radius 2 is 1.92 bits per heavy atom. The number of aromatic nitrogens is 2. The van der Waals surface area contributed by atoms with Gasteiger partial charge in [0.1, 0.15) is 11.7 Å². The first-order chi connectivity index (χ1) is 12.1. The minimum atomic E-state index is -0.666. The van der Waals surface area contributed by atoms with E-state index in [9.17, 15) is 9.59 Å². The molecule has 0 spiro atoms. The summed E-state index contributed by atoms with van der Waals surface area (Å²) in [5.74, 6) is -0.151. The Kier molecular flexibility index (Phi) is 5.09. The Morgan fingerprint density at radius 3 is 2.60 bits per heavy atom. The minimum Gasteiger partial charge on any atom is -0.340 e. The molecule has 1 aromatic carbocycles. The van der Waals surface area contributed by atoms with E-state index < -0.39 is 6.04 Å². The molecule has 2 aromatic heterocycles. The fraction of sp³-hybridized carbons (Fsp3) is 0.211. The van der Waals surface area contributed by atoms with Crippen LogP contribution in [0.5, 0.6) is 0 Å². The number of benzene rings is 1. The molecule has 6 heteroatoms. The second-order valence-electron chi connectivity index (χ2n) is 5.83. The maximum Gasteiger partial charge on any atom is 0.267 e. The molecule has 1 unspecified atom stereocenters. The highest BCUT2D eigenvalue weighted by molar-refractivity contribution is 7.13. The summed E-state index contributed by atoms with van der Waals surface area (Å²) >= 11 is 1.55. The van der Waals surface area contributed by atoms with E-state index >= 15 is 0 Å². The van der Waals surface area contributed by atoms with Gasteiger partial charge in [-0.05, 0) is 30.0 Å². The van der Waals surface area contributed by atoms with Crippen molar-refractivity contribution < 1.29 is 4.79 Å². The van der Waals surface area contributed by atoms with Crippen molar-refractivity contribution in [3.63, 3.8) is 0 Å². The molecule has 0 N–H and O–H groups in total. The third-order valence-electron chi connectivity index (χ3n) is 3.96. The molecule has 1 amide bonds. The van der Waals surface area contributed by atoms with E-state index in [1.54, 1.807) is 36.3 Å². The number of amides is 1. The zero-order valence-electron chi connectivity index (χ0n) is 14.1. The van der Waals surface area contributed by atoms with E-state index in [1.807, 2.05) is 47.8 Å². The summed E-state index contributed by atoms with van der Waals surface area (Å²) in [7, 11) is 1.74. The number of nitrogens with zero attached hydrogens (tertiary/aromatic N) is 3. The normalized spacial score (nSPS) is 11.9. The number of rotatable bonds is 5. The molecular weight excluding hydrogens is 334 g/mol. The molecule has 1 atom stereocenters. The van der Waals surface area contributed by atoms with Crippen LogP contribution in [0.4, 0.5) is 0 Å². The fourth-order valence-electron chi connectivity index (χ4n) is 2.62. The molecule has 0 aliphatic rings. The summed E-state index contributed by atoms with van der Waals surface area (Å²) in [6.07, 6.45) is 0. The van der Waals surface area contributed by atoms with Gasteiger partial charge < -0.3 is 4.90 Å². The molecule has 5 nitrogen and oxygen atoms in total. The SMILES string of the molecule is CC(C(=O)N(C)Cc1ccccc1)n1nc(-c2cccs2)ccc1=O. The van der Waals surface area contributed by atoms with Crippen LogP contribution in [0.1, 0.15) is 18.5 Å². The van der Waals surface area contributed by atoms with Crippen LogP contribution >= 0.6 is 11.3 Å². The molecule has 0 radical (unpaired) electrons. The molecular formula is C19H19N3O2S. The Morgan fingerprint density at radius 1 is 1.16 bits per heavy atom. The molecule has 0 aliphatic carbocycles. The number of likely N-dealkylation sites (N-methyl/N-ethyl adjacent to an activating group) is 1. The molecule has 128 valence electrons. The van der Waals surface area contributed by atoms with Crippen molar-refractivity contribution in [2.45, 2.75) is 19.5 Å². The second kappa shape index (κ2) is 7.44. The van der Waals surface area contributed by atoms with Crippen molar-refractivity contribution in [2.75, 3.05) is 7.05 Å². The van der Waals surface area contributed by atoms with Crippen molar-refractivity contribution in [3.05, 3.63) is 75.9 Å². The van der Waals surface area contributed by atoms with Crippen LogP contribution in [0.25, 0.3) is 10.6 Å². The number of thiophene rings is 1. The summed E-state index contributed by atoms with van der Waals surface area (Å²) in [6, 6.07) is 16.1. The van der Waals surface area contributed by atoms with Crippen molar-refractivity contribution in [1.29, 1.82) is 0 Å². The number of carbonyl (C=O) groups excluding carboxylic acids is 1. The van der Waals surface area contributed by atoms with Gasteiger partial charge >= 0.3 is 0 Å². The molecule has 0 fully saturated rings. The average molecular weight is 353 g/mol. The summed E-state index contributed by atoms with van der Waals surface area (Å²) in [5, 5.41) is 6.35. The summed E-state index contributed by atoms with van der Waals surface area (Å²) in [4.78, 5) is 27.5. The zero-order chi connectivity index (χ0) is 17.8. The molecule has 0 bridgehead atoms. The Bertz CT molecular complexity index is 904. The molecule has 25 heavy (non-hydrogen) atoms. The lowest BCUT2D eigenvalue weighted by Gasteiger charge is -2.22. The standard InChI is InChI=1S/C19H19N3O2S/c1-14(19(24)21(2)13-15-7-4-3-5-8-15)22-18(23)11-10-16(20-22)17-9-6-12-25-17/h3-12,14H,13H2,1-2H3. The highest BCUT2D eigenvalue weighted by atomic mass is 32.1. The lowest BCUT2D eigenvalue weighted by molar-refractivity contribution is -0.133. The van der Waals surface area contributed by atoms with Crippen LogP contribution in [0.3, 0.4) is 0 Å². The zero-order valence-corrected chi connectivity index (χ0v) is 14.9. The average Bonchev–Trinajstić information content (AvgIpc) is 3.16. The van der Waals surface area contributed by atoms with Gasteiger partial charge in [0.25, 0.3) is 5.56 Å². The molecule has 0 saturated heterocycles. The predicted molar refractivity (Wildman–Crippen MR) is 99.4 cm³/mol. The maximum atomic E-state index is 12.7. The van der Waals surface area contributed by atoms with Crippen molar-refractivity contribution in [1.82, 2.24) is 14.7 Å². The quantitative estimate of drug-likeness (QED) is 0.708. The van der Waals surface area contributed by atoms with E-state index in [0.29, 0.717) is 12.2 Å². The van der Waals surface area contributed by atoms with Crippen LogP contribution in [-0.2, 0) is 11.3 Å². The van der Waals surface area contributed by atoms with Gasteiger partial charge in [0.05, 0.1) is 4.88 Å². The van der Waals surface area contributed by atoms with Crippen molar-refractivity contribution >= 4 is 17.2 Å². The van der Waals surface area contributed by atoms with E-state index in [2.05, 4.69) is 5.10 Å². The number of hydrogen-bond donors (Lipinski definition) is 0. The molecule has 2 heterocycles. The second-order valence-corrected chi connectivity index (χ2v) is 6.78. The van der Waals surface area contributed by atoms with Gasteiger partial charge in [0, 0.05) is 19.7 Å². The van der Waals surface area contributed by atoms with Crippen LogP contribution in [0, 0.1) is 0 Å². The highest BCUT2D eigenvalue weighted by Gasteiger charge is 2.21. The third-order valence-corrected chi connectivity index (χ3v) is 4.85. The minimum absolute atomic E-state index is 0.151. The van der Waals surface area contributed by atoms with Gasteiger partial charge in [-0.3, -0.25) is 9.59 Å². The number of carbonyl (C=O) groups is 1. The van der Waals surface area contributed by atoms with Gasteiger partial charge in [-0.1, -0.05) is 36.4 Å². The van der Waals surface area contributed by atoms with Gasteiger partial charge in [0.2, 0.25) is 5.91 Å². The van der Waals surface area contributed by atoms with Crippen LogP contribution in [0.2, 0.25) is 0 Å². The Hall–Kier alpha value is -2.73. The first kappa shape index (κ1) is 17.1. The van der Waals surface area contributed by atoms with Gasteiger partial charge in [-0.2, -0.15) is 5.10 Å². The molecule has 0 aliphatic heterocycles. The van der Waals surface area contributed by atoms with E-state index in [0.717, 1.165) is 10.4 Å². The van der Waals surface area contributed by atoms with Gasteiger partial charge in [0.15, 0.2) is 0 Å². The van der Waals surface area contributed by atoms with E-state index in [4.69, 9.17) is 0 Å². The first-order valence-corrected chi connectivity index (χ1v) is 8.87. The third kappa shape index (κ3) is 3.85. The summed E-state index contributed by atoms with van der Waals surface area (Å²) in [6.45, 7) is 2.19. The van der Waals surface area contributed by atoms with Crippen LogP contribution in [0.15, 0.2) is 64.8 Å². The van der Waals surface area contributed by atoms with Gasteiger partial charge in [-0.25, -0.2) is 4.68 Å². The molecule has 3 aromatic rings. The topological polar surface area (TPSA) is 55.2 Å². The highest BCUT2D eigenvalue weighted by Crippen LogP contribution is 2.22. The van der Waals surface area contributed by atoms with E-state index in [1.165, 1.54) is 10.7 Å². The van der Waals surface area contributed by atoms with Crippen molar-refractivity contribution in [2.24, 2.45) is 0 Å². The molecule has 0 saturated carbocycles. The monoisotopic (exact) mass is 353 g/mol. The summed E-state index contributed by atoms with van der Waals surface area (Å²) in [5.41, 5.74) is 1.45. The lowest BCUT2D eigenvalue weighted by atomic mass is 10.2. The predicted octanol–water partition coefficient (Wildman–Crippen LogP) is 3.19. The van der Waals surface area contributed by atoms with Crippen molar-refractivity contribution in [3.8, 4) is 10.6 Å². The Labute approximate surface area is 150 Å². The lowest BCUT2D eigenvalue weighted by Crippen LogP contribution is -2.37. The smallest absolute Gasteiger partial charge is 0.267 e. The summed E-state index contributed by atoms with van der Waals surface area (Å²) < 4.78 is 1.26. The maximum absolute atomic E-state index is 12.7. The largest absolute Gasteiger partial charge is 0.340 e. The Balaban J connectivity index is 1.82. The van der Waals surface area contributed by atoms with E-state index in [-0.39, 0.29) is 11.5 Å². The first-order valence-electron chi connectivity index (χ1n) is 7.99. The number of hydrogen-bond acceptors (Lipinski definition) is 4.